The van der Waals surface area contributed by atoms with E-state index in [2.05, 4.69) is 56.2 Å². The van der Waals surface area contributed by atoms with E-state index in [0.717, 1.165) is 32.4 Å². The summed E-state index contributed by atoms with van der Waals surface area (Å²) in [6.07, 6.45) is 3.90. The van der Waals surface area contributed by atoms with Crippen molar-refractivity contribution < 1.29 is 4.79 Å². The maximum atomic E-state index is 12.4. The summed E-state index contributed by atoms with van der Waals surface area (Å²) in [5.74, 6) is 0.759. The number of hydrogen-bond acceptors (Lipinski definition) is 2. The van der Waals surface area contributed by atoms with Gasteiger partial charge < -0.3 is 10.2 Å². The highest BCUT2D eigenvalue weighted by atomic mass is 16.1. The monoisotopic (exact) mass is 302 g/mol. The maximum Gasteiger partial charge on any atom is 0.220 e. The molecule has 1 N–H and O–H groups in total. The Bertz CT molecular complexity index is 504. The molecule has 1 aromatic rings. The van der Waals surface area contributed by atoms with Crippen LogP contribution < -0.4 is 5.32 Å². The molecule has 1 aliphatic rings. The molecular formula is C19H30N2O. The van der Waals surface area contributed by atoms with Crippen LogP contribution in [-0.4, -0.2) is 30.9 Å². The summed E-state index contributed by atoms with van der Waals surface area (Å²) >= 11 is 0. The van der Waals surface area contributed by atoms with Crippen LogP contribution in [-0.2, 0) is 4.79 Å². The SMILES string of the molecule is CC[C@@H](NC(=O)CC1CCN(C)CC1)c1ccc(C)cc1C. The van der Waals surface area contributed by atoms with Crippen LogP contribution in [0.15, 0.2) is 18.2 Å². The van der Waals surface area contributed by atoms with E-state index in [1.165, 1.54) is 16.7 Å². The maximum absolute atomic E-state index is 12.4. The first kappa shape index (κ1) is 17.0. The highest BCUT2D eigenvalue weighted by molar-refractivity contribution is 5.76. The van der Waals surface area contributed by atoms with E-state index >= 15 is 0 Å². The zero-order valence-electron chi connectivity index (χ0n) is 14.5. The standard InChI is InChI=1S/C19H30N2O/c1-5-18(17-7-6-14(2)12-15(17)3)20-19(22)13-16-8-10-21(4)11-9-16/h6-7,12,16,18H,5,8-11,13H2,1-4H3,(H,20,22)/t18-/m1/s1. The van der Waals surface area contributed by atoms with Gasteiger partial charge in [0, 0.05) is 6.42 Å². The molecular weight excluding hydrogens is 272 g/mol. The quantitative estimate of drug-likeness (QED) is 0.901. The second kappa shape index (κ2) is 7.77. The Labute approximate surface area is 135 Å². The van der Waals surface area contributed by atoms with E-state index in [1.807, 2.05) is 0 Å². The lowest BCUT2D eigenvalue weighted by molar-refractivity contribution is -0.123. The zero-order valence-corrected chi connectivity index (χ0v) is 14.5. The average Bonchev–Trinajstić information content (AvgIpc) is 2.48. The van der Waals surface area contributed by atoms with Crippen LogP contribution in [0.3, 0.4) is 0 Å². The lowest BCUT2D eigenvalue weighted by Crippen LogP contribution is -2.34. The van der Waals surface area contributed by atoms with Crippen molar-refractivity contribution in [3.05, 3.63) is 34.9 Å². The molecule has 3 heteroatoms. The Hall–Kier alpha value is -1.35. The fourth-order valence-corrected chi connectivity index (χ4v) is 3.40. The van der Waals surface area contributed by atoms with Gasteiger partial charge >= 0.3 is 0 Å². The molecule has 0 bridgehead atoms. The number of benzene rings is 1. The minimum absolute atomic E-state index is 0.138. The van der Waals surface area contributed by atoms with Gasteiger partial charge in [0.25, 0.3) is 0 Å². The van der Waals surface area contributed by atoms with E-state index in [-0.39, 0.29) is 11.9 Å². The summed E-state index contributed by atoms with van der Waals surface area (Å²) < 4.78 is 0. The van der Waals surface area contributed by atoms with Crippen molar-refractivity contribution in [1.82, 2.24) is 10.2 Å². The van der Waals surface area contributed by atoms with Crippen LogP contribution >= 0.6 is 0 Å². The average molecular weight is 302 g/mol. The first-order valence-electron chi connectivity index (χ1n) is 8.54. The van der Waals surface area contributed by atoms with Gasteiger partial charge in [0.15, 0.2) is 0 Å². The molecule has 2 rings (SSSR count). The minimum Gasteiger partial charge on any atom is -0.349 e. The summed E-state index contributed by atoms with van der Waals surface area (Å²) in [5, 5.41) is 3.25. The molecule has 3 nitrogen and oxygen atoms in total. The molecule has 1 amide bonds. The van der Waals surface area contributed by atoms with Gasteiger partial charge in [-0.3, -0.25) is 4.79 Å². The molecule has 1 atom stereocenters. The van der Waals surface area contributed by atoms with E-state index in [9.17, 15) is 4.79 Å². The molecule has 1 fully saturated rings. The largest absolute Gasteiger partial charge is 0.349 e. The predicted molar refractivity (Wildman–Crippen MR) is 91.9 cm³/mol. The number of nitrogens with one attached hydrogen (secondary N) is 1. The fourth-order valence-electron chi connectivity index (χ4n) is 3.40. The molecule has 0 radical (unpaired) electrons. The summed E-state index contributed by atoms with van der Waals surface area (Å²) in [5.41, 5.74) is 3.80. The minimum atomic E-state index is 0.138. The molecule has 1 aliphatic heterocycles. The molecule has 22 heavy (non-hydrogen) atoms. The number of hydrogen-bond donors (Lipinski definition) is 1. The molecule has 0 aliphatic carbocycles. The number of likely N-dealkylation sites (tertiary alicyclic amines) is 1. The number of amides is 1. The smallest absolute Gasteiger partial charge is 0.220 e. The molecule has 0 unspecified atom stereocenters. The first-order chi connectivity index (χ1) is 10.5. The Balaban J connectivity index is 1.93. The van der Waals surface area contributed by atoms with Crippen LogP contribution in [0.1, 0.15) is 55.3 Å². The zero-order chi connectivity index (χ0) is 16.1. The third-order valence-corrected chi connectivity index (χ3v) is 4.86. The van der Waals surface area contributed by atoms with E-state index in [1.54, 1.807) is 0 Å². The molecule has 122 valence electrons. The molecule has 0 saturated carbocycles. The Morgan fingerprint density at radius 3 is 2.59 bits per heavy atom. The van der Waals surface area contributed by atoms with Gasteiger partial charge in [-0.1, -0.05) is 30.7 Å². The lowest BCUT2D eigenvalue weighted by Gasteiger charge is -2.29. The molecule has 0 spiro atoms. The number of nitrogens with zero attached hydrogens (tertiary/aromatic N) is 1. The predicted octanol–water partition coefficient (Wildman–Crippen LogP) is 3.60. The summed E-state index contributed by atoms with van der Waals surface area (Å²) in [6, 6.07) is 6.63. The molecule has 1 saturated heterocycles. The number of carbonyl (C=O) groups excluding carboxylic acids is 1. The van der Waals surface area contributed by atoms with Crippen molar-refractivity contribution in [2.75, 3.05) is 20.1 Å². The Morgan fingerprint density at radius 2 is 2.00 bits per heavy atom. The van der Waals surface area contributed by atoms with Crippen molar-refractivity contribution in [2.45, 2.75) is 52.5 Å². The Kier molecular flexibility index (Phi) is 6.01. The first-order valence-corrected chi connectivity index (χ1v) is 8.54. The number of aryl methyl sites for hydroxylation is 2. The summed E-state index contributed by atoms with van der Waals surface area (Å²) in [4.78, 5) is 14.7. The van der Waals surface area contributed by atoms with E-state index in [4.69, 9.17) is 0 Å². The van der Waals surface area contributed by atoms with Crippen LogP contribution in [0.25, 0.3) is 0 Å². The van der Waals surface area contributed by atoms with Crippen molar-refractivity contribution in [3.8, 4) is 0 Å². The van der Waals surface area contributed by atoms with Crippen molar-refractivity contribution in [3.63, 3.8) is 0 Å². The fraction of sp³-hybridized carbons (Fsp3) is 0.632. The van der Waals surface area contributed by atoms with Gasteiger partial charge in [-0.05, 0) is 70.3 Å². The third-order valence-electron chi connectivity index (χ3n) is 4.86. The molecule has 0 aromatic heterocycles. The van der Waals surface area contributed by atoms with Crippen LogP contribution in [0.4, 0.5) is 0 Å². The van der Waals surface area contributed by atoms with Crippen molar-refractivity contribution in [2.24, 2.45) is 5.92 Å². The summed E-state index contributed by atoms with van der Waals surface area (Å²) in [6.45, 7) is 8.61. The van der Waals surface area contributed by atoms with Gasteiger partial charge in [-0.25, -0.2) is 0 Å². The van der Waals surface area contributed by atoms with Gasteiger partial charge in [0.05, 0.1) is 6.04 Å². The summed E-state index contributed by atoms with van der Waals surface area (Å²) in [7, 11) is 2.16. The molecule has 1 heterocycles. The number of carbonyl (C=O) groups is 1. The normalized spacial score (nSPS) is 18.2. The lowest BCUT2D eigenvalue weighted by atomic mass is 9.92. The van der Waals surface area contributed by atoms with Crippen LogP contribution in [0.2, 0.25) is 0 Å². The number of rotatable bonds is 5. The highest BCUT2D eigenvalue weighted by Crippen LogP contribution is 2.23. The van der Waals surface area contributed by atoms with Crippen LogP contribution in [0, 0.1) is 19.8 Å². The van der Waals surface area contributed by atoms with Gasteiger partial charge in [-0.15, -0.1) is 0 Å². The van der Waals surface area contributed by atoms with Crippen molar-refractivity contribution in [1.29, 1.82) is 0 Å². The van der Waals surface area contributed by atoms with Gasteiger partial charge in [0.1, 0.15) is 0 Å². The van der Waals surface area contributed by atoms with Crippen molar-refractivity contribution >= 4 is 5.91 Å². The van der Waals surface area contributed by atoms with E-state index in [0.29, 0.717) is 12.3 Å². The molecule has 1 aromatic carbocycles. The Morgan fingerprint density at radius 1 is 1.32 bits per heavy atom. The van der Waals surface area contributed by atoms with Gasteiger partial charge in [-0.2, -0.15) is 0 Å². The third kappa shape index (κ3) is 4.57. The second-order valence-electron chi connectivity index (χ2n) is 6.84. The van der Waals surface area contributed by atoms with E-state index < -0.39 is 0 Å². The number of piperidine rings is 1. The van der Waals surface area contributed by atoms with Crippen LogP contribution in [0.5, 0.6) is 0 Å². The topological polar surface area (TPSA) is 32.3 Å². The second-order valence-corrected chi connectivity index (χ2v) is 6.84. The van der Waals surface area contributed by atoms with Gasteiger partial charge in [0.2, 0.25) is 5.91 Å². The highest BCUT2D eigenvalue weighted by Gasteiger charge is 2.21.